The minimum absolute atomic E-state index is 0.0447. The third-order valence-electron chi connectivity index (χ3n) is 2.14. The minimum atomic E-state index is -4.26. The van der Waals surface area contributed by atoms with E-state index in [1.165, 1.54) is 6.92 Å². The van der Waals surface area contributed by atoms with Crippen LogP contribution in [0.3, 0.4) is 0 Å². The van der Waals surface area contributed by atoms with Crippen molar-refractivity contribution in [1.29, 1.82) is 0 Å². The highest BCUT2D eigenvalue weighted by Crippen LogP contribution is 2.27. The molecule has 0 aliphatic carbocycles. The summed E-state index contributed by atoms with van der Waals surface area (Å²) in [6.07, 6.45) is -5.46. The highest BCUT2D eigenvalue weighted by Gasteiger charge is 2.26. The van der Waals surface area contributed by atoms with Crippen LogP contribution < -0.4 is 5.32 Å². The molecule has 19 heavy (non-hydrogen) atoms. The number of nitrogens with one attached hydrogen (secondary N) is 1. The van der Waals surface area contributed by atoms with Gasteiger partial charge >= 0.3 is 11.9 Å². The Kier molecular flexibility index (Phi) is 4.87. The summed E-state index contributed by atoms with van der Waals surface area (Å²) in [5.41, 5.74) is -0.347. The predicted octanol–water partition coefficient (Wildman–Crippen LogP) is 3.10. The predicted molar refractivity (Wildman–Crippen MR) is 62.2 cm³/mol. The Balaban J connectivity index is 2.75. The van der Waals surface area contributed by atoms with Crippen LogP contribution in [-0.4, -0.2) is 27.6 Å². The number of alkyl halides is 3. The average Bonchev–Trinajstić information content (AvgIpc) is 2.21. The molecule has 10 heteroatoms. The molecule has 0 unspecified atom stereocenters. The maximum Gasteiger partial charge on any atom is 0.389 e. The Bertz CT molecular complexity index is 481. The summed E-state index contributed by atoms with van der Waals surface area (Å²) in [5, 5.41) is 13.1. The van der Waals surface area contributed by atoms with Crippen molar-refractivity contribution in [3.8, 4) is 0 Å². The molecule has 0 bridgehead atoms. The Hall–Kier alpha value is -1.64. The van der Waals surface area contributed by atoms with E-state index in [4.69, 9.17) is 11.6 Å². The zero-order valence-electron chi connectivity index (χ0n) is 9.79. The SMILES string of the molecule is Cc1nc(Cl)nc(NCCCC(F)(F)F)c1[N+](=O)[O-]. The molecule has 1 aromatic heterocycles. The molecule has 0 saturated heterocycles. The second kappa shape index (κ2) is 6.00. The molecule has 1 heterocycles. The lowest BCUT2D eigenvalue weighted by molar-refractivity contribution is -0.385. The Morgan fingerprint density at radius 2 is 2.05 bits per heavy atom. The van der Waals surface area contributed by atoms with Crippen molar-refractivity contribution in [2.24, 2.45) is 0 Å². The molecule has 0 amide bonds. The van der Waals surface area contributed by atoms with Crippen LogP contribution in [0.2, 0.25) is 5.28 Å². The van der Waals surface area contributed by atoms with Crippen molar-refractivity contribution in [1.82, 2.24) is 9.97 Å². The fourth-order valence-electron chi connectivity index (χ4n) is 1.37. The number of hydrogen-bond acceptors (Lipinski definition) is 5. The van der Waals surface area contributed by atoms with Crippen molar-refractivity contribution in [3.63, 3.8) is 0 Å². The van der Waals surface area contributed by atoms with Crippen molar-refractivity contribution in [2.45, 2.75) is 25.9 Å². The van der Waals surface area contributed by atoms with E-state index >= 15 is 0 Å². The molecule has 0 spiro atoms. The van der Waals surface area contributed by atoms with Crippen LogP contribution in [0.1, 0.15) is 18.5 Å². The molecular formula is C9H10ClF3N4O2. The van der Waals surface area contributed by atoms with Gasteiger partial charge in [-0.15, -0.1) is 0 Å². The quantitative estimate of drug-likeness (QED) is 0.391. The van der Waals surface area contributed by atoms with Gasteiger partial charge in [0.15, 0.2) is 0 Å². The van der Waals surface area contributed by atoms with Crippen LogP contribution >= 0.6 is 11.6 Å². The molecule has 0 aromatic carbocycles. The van der Waals surface area contributed by atoms with Gasteiger partial charge in [0.2, 0.25) is 11.1 Å². The molecule has 0 fully saturated rings. The third-order valence-corrected chi connectivity index (χ3v) is 2.31. The Morgan fingerprint density at radius 1 is 1.42 bits per heavy atom. The third kappa shape index (κ3) is 4.86. The summed E-state index contributed by atoms with van der Waals surface area (Å²) in [7, 11) is 0. The van der Waals surface area contributed by atoms with E-state index in [0.717, 1.165) is 0 Å². The van der Waals surface area contributed by atoms with Gasteiger partial charge in [-0.2, -0.15) is 18.2 Å². The standard InChI is InChI=1S/C9H10ClF3N4O2/c1-5-6(17(18)19)7(16-8(10)15-5)14-4-2-3-9(11,12)13/h2-4H2,1H3,(H,14,15,16). The largest absolute Gasteiger partial charge is 0.389 e. The molecule has 6 nitrogen and oxygen atoms in total. The zero-order chi connectivity index (χ0) is 14.6. The normalized spacial score (nSPS) is 11.4. The van der Waals surface area contributed by atoms with Crippen LogP contribution in [0, 0.1) is 17.0 Å². The summed E-state index contributed by atoms with van der Waals surface area (Å²) in [5.74, 6) is -0.176. The molecule has 106 valence electrons. The van der Waals surface area contributed by atoms with Gasteiger partial charge in [-0.05, 0) is 24.9 Å². The Labute approximate surface area is 111 Å². The maximum atomic E-state index is 11.9. The molecule has 1 rings (SSSR count). The summed E-state index contributed by atoms with van der Waals surface area (Å²) >= 11 is 5.55. The van der Waals surface area contributed by atoms with Gasteiger partial charge in [-0.3, -0.25) is 10.1 Å². The summed E-state index contributed by atoms with van der Waals surface area (Å²) in [6, 6.07) is 0. The van der Waals surface area contributed by atoms with Gasteiger partial charge in [0, 0.05) is 13.0 Å². The number of rotatable bonds is 5. The van der Waals surface area contributed by atoms with Gasteiger partial charge in [0.25, 0.3) is 0 Å². The monoisotopic (exact) mass is 298 g/mol. The van der Waals surface area contributed by atoms with Crippen LogP contribution in [0.5, 0.6) is 0 Å². The topological polar surface area (TPSA) is 81.0 Å². The number of halogens is 4. The zero-order valence-corrected chi connectivity index (χ0v) is 10.5. The van der Waals surface area contributed by atoms with E-state index in [2.05, 4.69) is 15.3 Å². The van der Waals surface area contributed by atoms with Gasteiger partial charge in [-0.1, -0.05) is 0 Å². The molecule has 0 atom stereocenters. The molecular weight excluding hydrogens is 289 g/mol. The fraction of sp³-hybridized carbons (Fsp3) is 0.556. The lowest BCUT2D eigenvalue weighted by Crippen LogP contribution is -2.13. The summed E-state index contributed by atoms with van der Waals surface area (Å²) in [6.45, 7) is 1.26. The van der Waals surface area contributed by atoms with E-state index in [0.29, 0.717) is 0 Å². The second-order valence-corrected chi connectivity index (χ2v) is 4.02. The second-order valence-electron chi connectivity index (χ2n) is 3.68. The van der Waals surface area contributed by atoms with Crippen LogP contribution in [0.15, 0.2) is 0 Å². The van der Waals surface area contributed by atoms with Gasteiger partial charge < -0.3 is 5.32 Å². The van der Waals surface area contributed by atoms with Gasteiger partial charge in [0.05, 0.1) is 4.92 Å². The van der Waals surface area contributed by atoms with Crippen LogP contribution in [-0.2, 0) is 0 Å². The van der Waals surface area contributed by atoms with Gasteiger partial charge in [0.1, 0.15) is 5.69 Å². The average molecular weight is 299 g/mol. The molecule has 0 radical (unpaired) electrons. The highest BCUT2D eigenvalue weighted by molar-refractivity contribution is 6.28. The van der Waals surface area contributed by atoms with Gasteiger partial charge in [-0.25, -0.2) is 4.98 Å². The first kappa shape index (κ1) is 15.4. The molecule has 0 aliphatic rings. The molecule has 1 N–H and O–H groups in total. The number of aromatic nitrogens is 2. The van der Waals surface area contributed by atoms with E-state index < -0.39 is 23.2 Å². The Morgan fingerprint density at radius 3 is 2.58 bits per heavy atom. The maximum absolute atomic E-state index is 11.9. The van der Waals surface area contributed by atoms with Crippen molar-refractivity contribution < 1.29 is 18.1 Å². The molecule has 1 aromatic rings. The van der Waals surface area contributed by atoms with Crippen molar-refractivity contribution in [2.75, 3.05) is 11.9 Å². The number of hydrogen-bond donors (Lipinski definition) is 1. The van der Waals surface area contributed by atoms with E-state index in [9.17, 15) is 23.3 Å². The lowest BCUT2D eigenvalue weighted by Gasteiger charge is -2.09. The van der Waals surface area contributed by atoms with Crippen molar-refractivity contribution in [3.05, 3.63) is 21.1 Å². The lowest BCUT2D eigenvalue weighted by atomic mass is 10.3. The smallest absolute Gasteiger partial charge is 0.364 e. The van der Waals surface area contributed by atoms with Crippen LogP contribution in [0.4, 0.5) is 24.7 Å². The highest BCUT2D eigenvalue weighted by atomic mass is 35.5. The summed E-state index contributed by atoms with van der Waals surface area (Å²) < 4.78 is 35.8. The number of anilines is 1. The van der Waals surface area contributed by atoms with E-state index in [1.807, 2.05) is 0 Å². The van der Waals surface area contributed by atoms with Crippen molar-refractivity contribution >= 4 is 23.1 Å². The fourth-order valence-corrected chi connectivity index (χ4v) is 1.58. The number of nitro groups is 1. The van der Waals surface area contributed by atoms with E-state index in [1.54, 1.807) is 0 Å². The van der Waals surface area contributed by atoms with Crippen LogP contribution in [0.25, 0.3) is 0 Å². The minimum Gasteiger partial charge on any atom is -0.364 e. The van der Waals surface area contributed by atoms with E-state index in [-0.39, 0.29) is 29.8 Å². The summed E-state index contributed by atoms with van der Waals surface area (Å²) in [4.78, 5) is 17.3. The number of nitrogens with zero attached hydrogens (tertiary/aromatic N) is 3. The number of aryl methyl sites for hydroxylation is 1. The first-order valence-electron chi connectivity index (χ1n) is 5.20. The molecule has 0 saturated carbocycles. The first-order valence-corrected chi connectivity index (χ1v) is 5.57. The molecule has 0 aliphatic heterocycles. The first-order chi connectivity index (χ1) is 8.70.